The Kier molecular flexibility index (Phi) is 4.82. The van der Waals surface area contributed by atoms with Crippen LogP contribution in [-0.2, 0) is 0 Å². The normalized spacial score (nSPS) is 20.9. The SMILES string of the molecule is Cc1c(C2=C(c3sc4ccccc4c3C)C(F)(F)C(F)(F)C(F)(F)C2(F)F)sc2ccccc12. The van der Waals surface area contributed by atoms with Gasteiger partial charge in [0.05, 0.1) is 11.1 Å². The first kappa shape index (κ1) is 23.3. The van der Waals surface area contributed by atoms with Gasteiger partial charge in [0, 0.05) is 19.2 Å². The lowest BCUT2D eigenvalue weighted by Gasteiger charge is -2.44. The topological polar surface area (TPSA) is 0 Å². The molecule has 2 aromatic carbocycles. The van der Waals surface area contributed by atoms with Crippen molar-refractivity contribution in [2.45, 2.75) is 37.5 Å². The lowest BCUT2D eigenvalue weighted by molar-refractivity contribution is -0.344. The maximum absolute atomic E-state index is 15.4. The van der Waals surface area contributed by atoms with Gasteiger partial charge in [0.25, 0.3) is 0 Å². The third-order valence-corrected chi connectivity index (χ3v) is 8.78. The number of rotatable bonds is 2. The van der Waals surface area contributed by atoms with Gasteiger partial charge in [-0.1, -0.05) is 36.4 Å². The molecule has 0 radical (unpaired) electrons. The minimum absolute atomic E-state index is 0.0448. The van der Waals surface area contributed by atoms with Crippen LogP contribution < -0.4 is 0 Å². The second-order valence-corrected chi connectivity index (χ2v) is 10.3. The fraction of sp³-hybridized carbons (Fsp3) is 0.250. The molecule has 178 valence electrons. The zero-order chi connectivity index (χ0) is 24.8. The predicted molar refractivity (Wildman–Crippen MR) is 120 cm³/mol. The van der Waals surface area contributed by atoms with Crippen LogP contribution in [-0.4, -0.2) is 23.7 Å². The second-order valence-electron chi connectivity index (χ2n) is 8.15. The molecule has 0 spiro atoms. The molecule has 1 aliphatic rings. The first-order chi connectivity index (χ1) is 15.7. The molecule has 0 nitrogen and oxygen atoms in total. The van der Waals surface area contributed by atoms with E-state index in [1.165, 1.54) is 38.1 Å². The average Bonchev–Trinajstić information content (AvgIpc) is 3.27. The van der Waals surface area contributed by atoms with Crippen molar-refractivity contribution in [1.82, 2.24) is 0 Å². The average molecular weight is 518 g/mol. The summed E-state index contributed by atoms with van der Waals surface area (Å²) < 4.78 is 121. The van der Waals surface area contributed by atoms with E-state index in [0.29, 0.717) is 42.8 Å². The molecule has 0 saturated carbocycles. The summed E-state index contributed by atoms with van der Waals surface area (Å²) in [5.74, 6) is -23.8. The quantitative estimate of drug-likeness (QED) is 0.232. The summed E-state index contributed by atoms with van der Waals surface area (Å²) in [6.45, 7) is 2.66. The second kappa shape index (κ2) is 7.04. The minimum atomic E-state index is -6.32. The molecule has 0 fully saturated rings. The number of hydrogen-bond donors (Lipinski definition) is 0. The Labute approximate surface area is 196 Å². The van der Waals surface area contributed by atoms with Gasteiger partial charge in [-0.15, -0.1) is 22.7 Å². The third kappa shape index (κ3) is 2.69. The van der Waals surface area contributed by atoms with Crippen molar-refractivity contribution in [1.29, 1.82) is 0 Å². The molecule has 4 aromatic rings. The molecule has 2 heterocycles. The maximum Gasteiger partial charge on any atom is 0.383 e. The molecule has 2 aromatic heterocycles. The van der Waals surface area contributed by atoms with Crippen LogP contribution in [0, 0.1) is 13.8 Å². The summed E-state index contributed by atoms with van der Waals surface area (Å²) in [5.41, 5.74) is -3.41. The van der Waals surface area contributed by atoms with Crippen LogP contribution in [0.25, 0.3) is 31.3 Å². The standard InChI is InChI=1S/C24H14F8S2/c1-11-13-7-3-5-9-15(13)33-19(11)17-18(20-12(2)14-8-4-6-10-16(14)34-20)22(27,28)24(31,32)23(29,30)21(17,25)26/h3-10H,1-2H3. The largest absolute Gasteiger partial charge is 0.383 e. The molecule has 34 heavy (non-hydrogen) atoms. The molecule has 0 saturated heterocycles. The van der Waals surface area contributed by atoms with Crippen molar-refractivity contribution in [3.8, 4) is 0 Å². The molecule has 0 atom stereocenters. The highest BCUT2D eigenvalue weighted by Crippen LogP contribution is 2.67. The molecule has 10 heteroatoms. The molecule has 0 unspecified atom stereocenters. The highest BCUT2D eigenvalue weighted by atomic mass is 32.1. The first-order valence-electron chi connectivity index (χ1n) is 9.98. The van der Waals surface area contributed by atoms with Gasteiger partial charge in [0.2, 0.25) is 0 Å². The van der Waals surface area contributed by atoms with Crippen LogP contribution in [0.5, 0.6) is 0 Å². The number of allylic oxidation sites excluding steroid dienone is 2. The summed E-state index contributed by atoms with van der Waals surface area (Å²) >= 11 is 1.20. The minimum Gasteiger partial charge on any atom is -0.194 e. The first-order valence-corrected chi connectivity index (χ1v) is 11.6. The Hall–Kier alpha value is -2.46. The van der Waals surface area contributed by atoms with Crippen LogP contribution in [0.4, 0.5) is 35.1 Å². The van der Waals surface area contributed by atoms with Crippen molar-refractivity contribution >= 4 is 54.0 Å². The van der Waals surface area contributed by atoms with E-state index in [0.717, 1.165) is 0 Å². The molecular formula is C24H14F8S2. The Bertz CT molecular complexity index is 1380. The number of halogens is 8. The van der Waals surface area contributed by atoms with Gasteiger partial charge < -0.3 is 0 Å². The number of alkyl halides is 8. The van der Waals surface area contributed by atoms with Gasteiger partial charge in [0.1, 0.15) is 0 Å². The molecule has 0 bridgehead atoms. The Morgan fingerprint density at radius 3 is 1.18 bits per heavy atom. The lowest BCUT2D eigenvalue weighted by Crippen LogP contribution is -2.66. The van der Waals surface area contributed by atoms with E-state index in [2.05, 4.69) is 0 Å². The summed E-state index contributed by atoms with van der Waals surface area (Å²) in [4.78, 5) is -1.12. The molecule has 0 N–H and O–H groups in total. The van der Waals surface area contributed by atoms with Crippen molar-refractivity contribution < 1.29 is 35.1 Å². The van der Waals surface area contributed by atoms with Crippen molar-refractivity contribution in [2.24, 2.45) is 0 Å². The molecule has 0 aliphatic heterocycles. The monoisotopic (exact) mass is 518 g/mol. The fourth-order valence-electron chi connectivity index (χ4n) is 4.36. The fourth-order valence-corrected chi connectivity index (χ4v) is 6.95. The number of thiophene rings is 2. The molecular weight excluding hydrogens is 504 g/mol. The van der Waals surface area contributed by atoms with Gasteiger partial charge >= 0.3 is 23.7 Å². The predicted octanol–water partition coefficient (Wildman–Crippen LogP) is 9.20. The van der Waals surface area contributed by atoms with Crippen LogP contribution >= 0.6 is 22.7 Å². The summed E-state index contributed by atoms with van der Waals surface area (Å²) in [6, 6.07) is 12.4. The zero-order valence-electron chi connectivity index (χ0n) is 17.5. The van der Waals surface area contributed by atoms with Gasteiger partial charge in [-0.3, -0.25) is 0 Å². The van der Waals surface area contributed by atoms with E-state index in [1.807, 2.05) is 0 Å². The van der Waals surface area contributed by atoms with Crippen LogP contribution in [0.1, 0.15) is 20.9 Å². The van der Waals surface area contributed by atoms with Crippen molar-refractivity contribution in [2.75, 3.05) is 0 Å². The van der Waals surface area contributed by atoms with Crippen molar-refractivity contribution in [3.63, 3.8) is 0 Å². The van der Waals surface area contributed by atoms with E-state index in [9.17, 15) is 17.6 Å². The van der Waals surface area contributed by atoms with Gasteiger partial charge in [-0.2, -0.15) is 35.1 Å². The summed E-state index contributed by atoms with van der Waals surface area (Å²) in [7, 11) is 0. The number of aryl methyl sites for hydroxylation is 2. The van der Waals surface area contributed by atoms with E-state index in [4.69, 9.17) is 0 Å². The zero-order valence-corrected chi connectivity index (χ0v) is 19.1. The summed E-state index contributed by atoms with van der Waals surface area (Å²) in [5, 5.41) is 0.782. The highest BCUT2D eigenvalue weighted by Gasteiger charge is 2.86. The number of fused-ring (bicyclic) bond motifs is 2. The Morgan fingerprint density at radius 2 is 0.853 bits per heavy atom. The van der Waals surface area contributed by atoms with Crippen LogP contribution in [0.3, 0.4) is 0 Å². The maximum atomic E-state index is 15.4. The molecule has 1 aliphatic carbocycles. The van der Waals surface area contributed by atoms with Crippen molar-refractivity contribution in [3.05, 3.63) is 69.4 Å². The van der Waals surface area contributed by atoms with E-state index >= 15 is 17.6 Å². The Balaban J connectivity index is 2.00. The van der Waals surface area contributed by atoms with E-state index < -0.39 is 44.6 Å². The van der Waals surface area contributed by atoms with Gasteiger partial charge in [0.15, 0.2) is 0 Å². The lowest BCUT2D eigenvalue weighted by atomic mass is 9.77. The number of benzene rings is 2. The third-order valence-electron chi connectivity index (χ3n) is 6.20. The number of hydrogen-bond acceptors (Lipinski definition) is 2. The van der Waals surface area contributed by atoms with Crippen LogP contribution in [0.2, 0.25) is 0 Å². The van der Waals surface area contributed by atoms with E-state index in [-0.39, 0.29) is 11.1 Å². The van der Waals surface area contributed by atoms with Crippen LogP contribution in [0.15, 0.2) is 48.5 Å². The van der Waals surface area contributed by atoms with Gasteiger partial charge in [-0.25, -0.2) is 0 Å². The smallest absolute Gasteiger partial charge is 0.194 e. The molecule has 0 amide bonds. The van der Waals surface area contributed by atoms with E-state index in [1.54, 1.807) is 24.3 Å². The Morgan fingerprint density at radius 1 is 0.529 bits per heavy atom. The highest BCUT2D eigenvalue weighted by molar-refractivity contribution is 7.21. The summed E-state index contributed by atoms with van der Waals surface area (Å²) in [6.07, 6.45) is 0. The molecule has 5 rings (SSSR count). The van der Waals surface area contributed by atoms with Gasteiger partial charge in [-0.05, 0) is 47.9 Å².